The van der Waals surface area contributed by atoms with Crippen LogP contribution in [-0.4, -0.2) is 11.7 Å². The molecule has 7 rings (SSSR count). The molecule has 0 amide bonds. The molecule has 4 aromatic carbocycles. The van der Waals surface area contributed by atoms with Crippen molar-refractivity contribution in [2.45, 2.75) is 17.6 Å². The number of benzene rings is 4. The van der Waals surface area contributed by atoms with E-state index < -0.39 is 11.5 Å². The summed E-state index contributed by atoms with van der Waals surface area (Å²) in [4.78, 5) is 0. The lowest BCUT2D eigenvalue weighted by atomic mass is 9.69. The molecule has 0 aromatic heterocycles. The predicted molar refractivity (Wildman–Crippen MR) is 134 cm³/mol. The number of ether oxygens (including phenoxy) is 1. The fourth-order valence-electron chi connectivity index (χ4n) is 6.08. The van der Waals surface area contributed by atoms with Gasteiger partial charge in [0.05, 0.1) is 12.0 Å². The van der Waals surface area contributed by atoms with E-state index in [9.17, 15) is 5.11 Å². The lowest BCUT2D eigenvalue weighted by Crippen LogP contribution is -2.38. The standard InChI is InChI=1S/C32H24O2/c33-30-25-17-9-7-15-23(25)28-24-16-8-10-18-26(24)31-27(29(28)30)19-32(20-34-31,21-11-3-1-4-12-21)22-13-5-2-6-14-22/h1-19,30-31,33H,20H2. The van der Waals surface area contributed by atoms with E-state index in [1.165, 1.54) is 16.7 Å². The number of aliphatic hydroxyl groups excluding tert-OH is 1. The van der Waals surface area contributed by atoms with Crippen molar-refractivity contribution in [1.29, 1.82) is 0 Å². The average molecular weight is 441 g/mol. The molecule has 4 aromatic rings. The minimum atomic E-state index is -0.667. The number of fused-ring (bicyclic) bond motifs is 7. The van der Waals surface area contributed by atoms with Crippen molar-refractivity contribution in [3.05, 3.63) is 160 Å². The Kier molecular flexibility index (Phi) is 4.29. The van der Waals surface area contributed by atoms with E-state index >= 15 is 0 Å². The molecule has 2 atom stereocenters. The Bertz CT molecular complexity index is 1420. The monoisotopic (exact) mass is 440 g/mol. The van der Waals surface area contributed by atoms with Gasteiger partial charge in [-0.25, -0.2) is 0 Å². The van der Waals surface area contributed by atoms with E-state index in [0.717, 1.165) is 33.4 Å². The van der Waals surface area contributed by atoms with Crippen LogP contribution in [0.25, 0.3) is 5.57 Å². The van der Waals surface area contributed by atoms with Gasteiger partial charge in [0.1, 0.15) is 12.2 Å². The van der Waals surface area contributed by atoms with E-state index in [1.54, 1.807) is 0 Å². The van der Waals surface area contributed by atoms with Crippen LogP contribution in [-0.2, 0) is 10.2 Å². The second-order valence-electron chi connectivity index (χ2n) is 9.36. The molecule has 0 bridgehead atoms. The zero-order valence-corrected chi connectivity index (χ0v) is 18.7. The third-order valence-electron chi connectivity index (χ3n) is 7.63. The average Bonchev–Trinajstić information content (AvgIpc) is 3.22. The molecule has 34 heavy (non-hydrogen) atoms. The molecule has 0 saturated carbocycles. The van der Waals surface area contributed by atoms with Crippen molar-refractivity contribution >= 4 is 5.57 Å². The quantitative estimate of drug-likeness (QED) is 0.384. The maximum Gasteiger partial charge on any atom is 0.108 e. The topological polar surface area (TPSA) is 29.5 Å². The largest absolute Gasteiger partial charge is 0.384 e. The Balaban J connectivity index is 1.54. The van der Waals surface area contributed by atoms with Crippen LogP contribution < -0.4 is 0 Å². The Labute approximate surface area is 199 Å². The molecule has 1 heterocycles. The zero-order valence-electron chi connectivity index (χ0n) is 18.7. The number of aliphatic hydroxyl groups is 1. The van der Waals surface area contributed by atoms with Gasteiger partial charge in [-0.05, 0) is 50.1 Å². The van der Waals surface area contributed by atoms with Crippen molar-refractivity contribution in [2.24, 2.45) is 0 Å². The number of hydrogen-bond acceptors (Lipinski definition) is 2. The number of rotatable bonds is 2. The number of hydrogen-bond donors (Lipinski definition) is 1. The van der Waals surface area contributed by atoms with Crippen molar-refractivity contribution in [2.75, 3.05) is 6.61 Å². The Hall–Kier alpha value is -3.72. The van der Waals surface area contributed by atoms with E-state index in [1.807, 2.05) is 12.1 Å². The fourth-order valence-corrected chi connectivity index (χ4v) is 6.08. The van der Waals surface area contributed by atoms with Gasteiger partial charge in [0.2, 0.25) is 0 Å². The van der Waals surface area contributed by atoms with Gasteiger partial charge < -0.3 is 9.84 Å². The van der Waals surface area contributed by atoms with Gasteiger partial charge in [-0.2, -0.15) is 0 Å². The first kappa shape index (κ1) is 19.7. The molecular weight excluding hydrogens is 416 g/mol. The normalized spacial score (nSPS) is 21.7. The molecule has 2 unspecified atom stereocenters. The summed E-state index contributed by atoms with van der Waals surface area (Å²) in [6, 6.07) is 37.9. The van der Waals surface area contributed by atoms with Gasteiger partial charge in [-0.1, -0.05) is 115 Å². The molecule has 0 saturated heterocycles. The van der Waals surface area contributed by atoms with E-state index in [0.29, 0.717) is 6.61 Å². The van der Waals surface area contributed by atoms with Gasteiger partial charge in [-0.15, -0.1) is 0 Å². The molecule has 1 aliphatic heterocycles. The first-order valence-corrected chi connectivity index (χ1v) is 11.8. The van der Waals surface area contributed by atoms with Crippen molar-refractivity contribution in [3.8, 4) is 0 Å². The first-order chi connectivity index (χ1) is 16.8. The van der Waals surface area contributed by atoms with Crippen molar-refractivity contribution in [3.63, 3.8) is 0 Å². The second-order valence-corrected chi connectivity index (χ2v) is 9.36. The summed E-state index contributed by atoms with van der Waals surface area (Å²) in [6.07, 6.45) is 1.52. The smallest absolute Gasteiger partial charge is 0.108 e. The summed E-state index contributed by atoms with van der Waals surface area (Å²) in [5.41, 5.74) is 9.58. The molecule has 3 aliphatic rings. The summed E-state index contributed by atoms with van der Waals surface area (Å²) >= 11 is 0. The molecule has 0 fully saturated rings. The first-order valence-electron chi connectivity index (χ1n) is 11.8. The third kappa shape index (κ3) is 2.64. The van der Waals surface area contributed by atoms with Crippen LogP contribution in [0.4, 0.5) is 0 Å². The Morgan fingerprint density at radius 3 is 1.82 bits per heavy atom. The highest BCUT2D eigenvalue weighted by atomic mass is 16.5. The lowest BCUT2D eigenvalue weighted by molar-refractivity contribution is 0.0419. The summed E-state index contributed by atoms with van der Waals surface area (Å²) in [5.74, 6) is 0. The summed E-state index contributed by atoms with van der Waals surface area (Å²) in [6.45, 7) is 0.537. The van der Waals surface area contributed by atoms with Crippen LogP contribution in [0.5, 0.6) is 0 Å². The van der Waals surface area contributed by atoms with Crippen LogP contribution in [0.2, 0.25) is 0 Å². The molecule has 2 heteroatoms. The predicted octanol–water partition coefficient (Wildman–Crippen LogP) is 6.53. The summed E-state index contributed by atoms with van der Waals surface area (Å²) < 4.78 is 6.77. The van der Waals surface area contributed by atoms with Gasteiger partial charge in [-0.3, -0.25) is 0 Å². The fraction of sp³-hybridized carbons (Fsp3) is 0.125. The van der Waals surface area contributed by atoms with Gasteiger partial charge >= 0.3 is 0 Å². The minimum absolute atomic E-state index is 0.195. The Morgan fingerprint density at radius 1 is 0.647 bits per heavy atom. The van der Waals surface area contributed by atoms with Crippen molar-refractivity contribution in [1.82, 2.24) is 0 Å². The molecule has 2 nitrogen and oxygen atoms in total. The molecule has 1 N–H and O–H groups in total. The summed E-state index contributed by atoms with van der Waals surface area (Å²) in [5, 5.41) is 11.6. The zero-order chi connectivity index (χ0) is 22.7. The summed E-state index contributed by atoms with van der Waals surface area (Å²) in [7, 11) is 0. The maximum absolute atomic E-state index is 11.6. The molecule has 164 valence electrons. The van der Waals surface area contributed by atoms with E-state index in [4.69, 9.17) is 4.74 Å². The molecule has 2 aliphatic carbocycles. The second kappa shape index (κ2) is 7.39. The third-order valence-corrected chi connectivity index (χ3v) is 7.63. The molecule has 0 radical (unpaired) electrons. The van der Waals surface area contributed by atoms with Crippen molar-refractivity contribution < 1.29 is 9.84 Å². The lowest BCUT2D eigenvalue weighted by Gasteiger charge is -2.42. The van der Waals surface area contributed by atoms with Crippen LogP contribution in [0.15, 0.2) is 126 Å². The van der Waals surface area contributed by atoms with Gasteiger partial charge in [0.15, 0.2) is 0 Å². The van der Waals surface area contributed by atoms with Crippen LogP contribution in [0, 0.1) is 0 Å². The minimum Gasteiger partial charge on any atom is -0.384 e. The maximum atomic E-state index is 11.6. The van der Waals surface area contributed by atoms with E-state index in [-0.39, 0.29) is 6.10 Å². The van der Waals surface area contributed by atoms with E-state index in [2.05, 4.69) is 103 Å². The van der Waals surface area contributed by atoms with Crippen LogP contribution >= 0.6 is 0 Å². The molecule has 0 spiro atoms. The molecular formula is C32H24O2. The highest BCUT2D eigenvalue weighted by molar-refractivity contribution is 5.94. The van der Waals surface area contributed by atoms with Crippen LogP contribution in [0.3, 0.4) is 0 Å². The SMILES string of the molecule is OC1C2=C(c3ccccc31)c1ccccc1C1OCC(c3ccccc3)(c3ccccc3)C=C21. The van der Waals surface area contributed by atoms with Gasteiger partial charge in [0.25, 0.3) is 0 Å². The highest BCUT2D eigenvalue weighted by Crippen LogP contribution is 2.57. The Morgan fingerprint density at radius 2 is 1.18 bits per heavy atom. The van der Waals surface area contributed by atoms with Crippen LogP contribution in [0.1, 0.15) is 45.6 Å². The highest BCUT2D eigenvalue weighted by Gasteiger charge is 2.46. The van der Waals surface area contributed by atoms with Gasteiger partial charge in [0, 0.05) is 0 Å².